The first-order valence-corrected chi connectivity index (χ1v) is 10.9. The topological polar surface area (TPSA) is 49.4 Å². The highest BCUT2D eigenvalue weighted by molar-refractivity contribution is 7.89. The van der Waals surface area contributed by atoms with E-state index in [4.69, 9.17) is 0 Å². The summed E-state index contributed by atoms with van der Waals surface area (Å²) in [6, 6.07) is 7.41. The number of nitrogens with zero attached hydrogens (tertiary/aromatic N) is 1. The van der Waals surface area contributed by atoms with Gasteiger partial charge < -0.3 is 5.32 Å². The fourth-order valence-corrected chi connectivity index (χ4v) is 5.13. The van der Waals surface area contributed by atoms with Gasteiger partial charge in [0.2, 0.25) is 10.0 Å². The average molecular weight is 353 g/mol. The lowest BCUT2D eigenvalue weighted by molar-refractivity contribution is 0.246. The third-order valence-corrected chi connectivity index (χ3v) is 6.83. The van der Waals surface area contributed by atoms with Crippen LogP contribution in [0.3, 0.4) is 0 Å². The Bertz CT molecular complexity index is 584. The second-order valence-corrected chi connectivity index (χ2v) is 8.58. The van der Waals surface area contributed by atoms with E-state index in [0.717, 1.165) is 44.3 Å². The van der Waals surface area contributed by atoms with Gasteiger partial charge in [-0.25, -0.2) is 8.42 Å². The molecule has 2 rings (SSSR count). The fraction of sp³-hybridized carbons (Fsp3) is 0.684. The minimum Gasteiger partial charge on any atom is -0.385 e. The van der Waals surface area contributed by atoms with Crippen LogP contribution in [0.4, 0.5) is 5.69 Å². The zero-order valence-corrected chi connectivity index (χ0v) is 15.9. The van der Waals surface area contributed by atoms with Crippen LogP contribution < -0.4 is 5.32 Å². The maximum Gasteiger partial charge on any atom is 0.243 e. The molecule has 24 heavy (non-hydrogen) atoms. The number of unbranched alkanes of at least 4 members (excludes halogenated alkanes) is 3. The van der Waals surface area contributed by atoms with Gasteiger partial charge in [0.05, 0.1) is 4.90 Å². The molecule has 1 N–H and O–H groups in total. The van der Waals surface area contributed by atoms with Crippen LogP contribution in [0.15, 0.2) is 29.2 Å². The Morgan fingerprint density at radius 2 is 1.83 bits per heavy atom. The number of piperidine rings is 1. The highest BCUT2D eigenvalue weighted by Gasteiger charge is 2.32. The smallest absolute Gasteiger partial charge is 0.243 e. The molecule has 1 fully saturated rings. The number of hydrogen-bond donors (Lipinski definition) is 1. The van der Waals surface area contributed by atoms with E-state index >= 15 is 0 Å². The molecule has 136 valence electrons. The van der Waals surface area contributed by atoms with Crippen LogP contribution in [-0.2, 0) is 10.0 Å². The van der Waals surface area contributed by atoms with Gasteiger partial charge in [-0.3, -0.25) is 0 Å². The minimum atomic E-state index is -3.37. The molecule has 1 aliphatic heterocycles. The van der Waals surface area contributed by atoms with E-state index in [9.17, 15) is 8.42 Å². The molecule has 0 saturated carbocycles. The Kier molecular flexibility index (Phi) is 7.56. The Morgan fingerprint density at radius 3 is 2.50 bits per heavy atom. The van der Waals surface area contributed by atoms with E-state index in [1.54, 1.807) is 16.4 Å². The van der Waals surface area contributed by atoms with Crippen molar-refractivity contribution >= 4 is 15.7 Å². The lowest BCUT2D eigenvalue weighted by Gasteiger charge is -2.34. The van der Waals surface area contributed by atoms with E-state index in [0.29, 0.717) is 11.4 Å². The summed E-state index contributed by atoms with van der Waals surface area (Å²) >= 11 is 0. The molecule has 1 aromatic rings. The number of sulfonamides is 1. The van der Waals surface area contributed by atoms with Crippen LogP contribution >= 0.6 is 0 Å². The van der Waals surface area contributed by atoms with E-state index in [1.807, 2.05) is 12.1 Å². The summed E-state index contributed by atoms with van der Waals surface area (Å²) in [6.45, 7) is 5.87. The molecule has 0 spiro atoms. The third-order valence-electron chi connectivity index (χ3n) is 4.86. The number of anilines is 1. The first-order valence-electron chi connectivity index (χ1n) is 9.45. The van der Waals surface area contributed by atoms with Gasteiger partial charge in [0.25, 0.3) is 0 Å². The number of rotatable bonds is 9. The predicted octanol–water partition coefficient (Wildman–Crippen LogP) is 4.63. The fourth-order valence-electron chi connectivity index (χ4n) is 3.36. The molecule has 1 atom stereocenters. The van der Waals surface area contributed by atoms with Crippen LogP contribution in [0.1, 0.15) is 65.2 Å². The molecular weight excluding hydrogens is 320 g/mol. The normalized spacial score (nSPS) is 19.3. The molecule has 1 aromatic carbocycles. The van der Waals surface area contributed by atoms with Crippen molar-refractivity contribution < 1.29 is 8.42 Å². The van der Waals surface area contributed by atoms with Gasteiger partial charge in [-0.05, 0) is 49.9 Å². The van der Waals surface area contributed by atoms with Gasteiger partial charge in [0, 0.05) is 24.8 Å². The molecule has 4 nitrogen and oxygen atoms in total. The Balaban J connectivity index is 1.98. The molecule has 1 unspecified atom stereocenters. The largest absolute Gasteiger partial charge is 0.385 e. The molecule has 0 bridgehead atoms. The van der Waals surface area contributed by atoms with Crippen LogP contribution in [-0.4, -0.2) is 31.9 Å². The summed E-state index contributed by atoms with van der Waals surface area (Å²) < 4.78 is 27.5. The van der Waals surface area contributed by atoms with Crippen LogP contribution in [0.2, 0.25) is 0 Å². The van der Waals surface area contributed by atoms with Crippen LogP contribution in [0, 0.1) is 0 Å². The minimum absolute atomic E-state index is 0.153. The third kappa shape index (κ3) is 4.96. The van der Waals surface area contributed by atoms with E-state index < -0.39 is 10.0 Å². The quantitative estimate of drug-likeness (QED) is 0.659. The molecular formula is C19H32N2O2S. The zero-order chi connectivity index (χ0) is 17.4. The summed E-state index contributed by atoms with van der Waals surface area (Å²) in [5, 5.41) is 3.37. The SMILES string of the molecule is CCCCCCNc1ccc(S(=O)(=O)N2CCCCC2CC)cc1. The van der Waals surface area contributed by atoms with Crippen LogP contribution in [0.25, 0.3) is 0 Å². The summed E-state index contributed by atoms with van der Waals surface area (Å²) in [7, 11) is -3.37. The van der Waals surface area contributed by atoms with Gasteiger partial charge >= 0.3 is 0 Å². The maximum atomic E-state index is 12.9. The standard InChI is InChI=1S/C19H32N2O2S/c1-3-5-6-8-15-20-17-11-13-19(14-12-17)24(22,23)21-16-9-7-10-18(21)4-2/h11-14,18,20H,3-10,15-16H2,1-2H3. The van der Waals surface area contributed by atoms with Crippen molar-refractivity contribution in [3.05, 3.63) is 24.3 Å². The molecule has 1 saturated heterocycles. The number of nitrogens with one attached hydrogen (secondary N) is 1. The Labute approximate surface area is 147 Å². The summed E-state index contributed by atoms with van der Waals surface area (Å²) in [5.74, 6) is 0. The number of benzene rings is 1. The maximum absolute atomic E-state index is 12.9. The molecule has 0 aromatic heterocycles. The van der Waals surface area contributed by atoms with Gasteiger partial charge in [0.1, 0.15) is 0 Å². The van der Waals surface area contributed by atoms with Crippen molar-refractivity contribution in [2.75, 3.05) is 18.4 Å². The van der Waals surface area contributed by atoms with Crippen molar-refractivity contribution in [1.29, 1.82) is 0 Å². The molecule has 5 heteroatoms. The summed E-state index contributed by atoms with van der Waals surface area (Å²) in [6.07, 6.45) is 8.86. The molecule has 0 aliphatic carbocycles. The zero-order valence-electron chi connectivity index (χ0n) is 15.1. The lowest BCUT2D eigenvalue weighted by atomic mass is 10.0. The van der Waals surface area contributed by atoms with Crippen molar-refractivity contribution in [3.8, 4) is 0 Å². The van der Waals surface area contributed by atoms with Gasteiger partial charge in [-0.1, -0.05) is 39.5 Å². The first kappa shape index (κ1) is 19.3. The van der Waals surface area contributed by atoms with Gasteiger partial charge in [0.15, 0.2) is 0 Å². The Hall–Kier alpha value is -1.07. The molecule has 1 aliphatic rings. The van der Waals surface area contributed by atoms with Crippen LogP contribution in [0.5, 0.6) is 0 Å². The molecule has 0 radical (unpaired) electrons. The number of hydrogen-bond acceptors (Lipinski definition) is 3. The van der Waals surface area contributed by atoms with E-state index in [1.165, 1.54) is 19.3 Å². The monoisotopic (exact) mass is 352 g/mol. The van der Waals surface area contributed by atoms with Gasteiger partial charge in [-0.15, -0.1) is 0 Å². The second kappa shape index (κ2) is 9.42. The van der Waals surface area contributed by atoms with Crippen molar-refractivity contribution in [3.63, 3.8) is 0 Å². The molecule has 1 heterocycles. The van der Waals surface area contributed by atoms with Crippen molar-refractivity contribution in [2.45, 2.75) is 76.2 Å². The highest BCUT2D eigenvalue weighted by atomic mass is 32.2. The predicted molar refractivity (Wildman–Crippen MR) is 101 cm³/mol. The highest BCUT2D eigenvalue weighted by Crippen LogP contribution is 2.27. The van der Waals surface area contributed by atoms with E-state index in [-0.39, 0.29) is 6.04 Å². The van der Waals surface area contributed by atoms with Crippen molar-refractivity contribution in [2.24, 2.45) is 0 Å². The lowest BCUT2D eigenvalue weighted by Crippen LogP contribution is -2.43. The summed E-state index contributed by atoms with van der Waals surface area (Å²) in [5.41, 5.74) is 0.996. The second-order valence-electron chi connectivity index (χ2n) is 6.69. The average Bonchev–Trinajstić information content (AvgIpc) is 2.62. The van der Waals surface area contributed by atoms with E-state index in [2.05, 4.69) is 19.2 Å². The molecule has 0 amide bonds. The Morgan fingerprint density at radius 1 is 1.08 bits per heavy atom. The van der Waals surface area contributed by atoms with Crippen molar-refractivity contribution in [1.82, 2.24) is 4.31 Å². The van der Waals surface area contributed by atoms with Gasteiger partial charge in [-0.2, -0.15) is 4.31 Å². The first-order chi connectivity index (χ1) is 11.6. The summed E-state index contributed by atoms with van der Waals surface area (Å²) in [4.78, 5) is 0.416.